The first-order valence-electron chi connectivity index (χ1n) is 13.3. The van der Waals surface area contributed by atoms with Crippen molar-refractivity contribution < 1.29 is 36.7 Å². The van der Waals surface area contributed by atoms with Crippen LogP contribution in [0.25, 0.3) is 10.1 Å². The van der Waals surface area contributed by atoms with Crippen LogP contribution in [0.2, 0.25) is 0 Å². The van der Waals surface area contributed by atoms with Gasteiger partial charge in [0.25, 0.3) is 0 Å². The molecule has 0 amide bonds. The number of benzene rings is 1. The van der Waals surface area contributed by atoms with E-state index >= 15 is 0 Å². The van der Waals surface area contributed by atoms with Gasteiger partial charge in [-0.25, -0.2) is 0 Å². The van der Waals surface area contributed by atoms with E-state index in [0.29, 0.717) is 0 Å². The van der Waals surface area contributed by atoms with Crippen molar-refractivity contribution in [3.05, 3.63) is 48.6 Å². The molecule has 2 fully saturated rings. The van der Waals surface area contributed by atoms with Gasteiger partial charge in [-0.1, -0.05) is 86.0 Å². The Morgan fingerprint density at radius 1 is 0.676 bits per heavy atom. The van der Waals surface area contributed by atoms with Crippen LogP contribution in [0, 0.1) is 0 Å². The number of hydrogen-bond acceptors (Lipinski definition) is 1. The predicted octanol–water partition coefficient (Wildman–Crippen LogP) is 10.2. The first kappa shape index (κ1) is 33.1. The zero-order chi connectivity index (χ0) is 26.3. The van der Waals surface area contributed by atoms with Crippen molar-refractivity contribution in [3.8, 4) is 0 Å². The van der Waals surface area contributed by atoms with Crippen LogP contribution in [0.5, 0.6) is 0 Å². The molecule has 3 aliphatic rings. The zero-order valence-corrected chi connectivity index (χ0v) is 26.6. The van der Waals surface area contributed by atoms with Crippen LogP contribution < -0.4 is 9.92 Å². The van der Waals surface area contributed by atoms with E-state index in [1.807, 2.05) is 9.92 Å². The van der Waals surface area contributed by atoms with Gasteiger partial charge in [0.05, 0.1) is 0 Å². The van der Waals surface area contributed by atoms with Crippen LogP contribution in [0.4, 0.5) is 17.3 Å². The number of allylic oxidation sites excluding steroid dienone is 4. The molecule has 5 rings (SSSR count). The summed E-state index contributed by atoms with van der Waals surface area (Å²) in [6, 6.07) is 9.29. The monoisotopic (exact) mass is 660 g/mol. The van der Waals surface area contributed by atoms with E-state index in [1.165, 1.54) is 51.4 Å². The molecule has 2 aliphatic heterocycles. The normalized spacial score (nSPS) is 28.2. The third-order valence-electron chi connectivity index (χ3n) is 7.28. The molecule has 1 aromatic carbocycles. The van der Waals surface area contributed by atoms with Crippen molar-refractivity contribution >= 4 is 54.4 Å². The quantitative estimate of drug-likeness (QED) is 0.130. The Hall–Kier alpha value is -0.0717. The summed E-state index contributed by atoms with van der Waals surface area (Å²) in [6.07, 6.45) is 19.8. The molecular weight excluding hydrogens is 620 g/mol. The summed E-state index contributed by atoms with van der Waals surface area (Å²) in [5.41, 5.74) is 3.69. The van der Waals surface area contributed by atoms with Gasteiger partial charge in [-0.15, -0.1) is 11.3 Å². The fourth-order valence-corrected chi connectivity index (χ4v) is 15.6. The second-order valence-corrected chi connectivity index (χ2v) is 17.6. The second-order valence-electron chi connectivity index (χ2n) is 10.2. The maximum atomic E-state index is 9.75. The molecule has 209 valence electrons. The molecule has 0 saturated carbocycles. The molecular formula is C28H40BF4P2RhS-. The number of halogens is 4. The van der Waals surface area contributed by atoms with E-state index < -0.39 is 7.25 Å². The van der Waals surface area contributed by atoms with Gasteiger partial charge in [0.2, 0.25) is 0 Å². The van der Waals surface area contributed by atoms with Gasteiger partial charge in [-0.05, 0) is 80.1 Å². The summed E-state index contributed by atoms with van der Waals surface area (Å²) in [6.45, 7) is 10.1. The predicted molar refractivity (Wildman–Crippen MR) is 158 cm³/mol. The van der Waals surface area contributed by atoms with Gasteiger partial charge in [-0.3, -0.25) is 0 Å². The molecule has 2 aromatic rings. The van der Waals surface area contributed by atoms with Crippen LogP contribution in [-0.2, 0) is 19.5 Å². The Morgan fingerprint density at radius 2 is 1.05 bits per heavy atom. The van der Waals surface area contributed by atoms with Crippen molar-refractivity contribution in [3.63, 3.8) is 0 Å². The molecule has 3 heterocycles. The van der Waals surface area contributed by atoms with Crippen LogP contribution in [0.15, 0.2) is 48.6 Å². The fraction of sp³-hybridized carbons (Fsp3) is 0.571. The van der Waals surface area contributed by atoms with Gasteiger partial charge >= 0.3 is 7.25 Å². The molecule has 2 saturated heterocycles. The maximum absolute atomic E-state index is 9.75. The number of rotatable bonds is 2. The third-order valence-corrected chi connectivity index (χ3v) is 16.0. The second kappa shape index (κ2) is 15.6. The summed E-state index contributed by atoms with van der Waals surface area (Å²) in [5.74, 6) is 0. The minimum Gasteiger partial charge on any atom is -0.418 e. The summed E-state index contributed by atoms with van der Waals surface area (Å²) in [5, 5.41) is 3.47. The summed E-state index contributed by atoms with van der Waals surface area (Å²) < 4.78 is 42.4. The molecule has 37 heavy (non-hydrogen) atoms. The van der Waals surface area contributed by atoms with E-state index in [1.54, 1.807) is 10.1 Å². The molecule has 0 nitrogen and oxygen atoms in total. The Kier molecular flexibility index (Phi) is 14.0. The molecule has 1 aliphatic carbocycles. The SMILES string of the molecule is C1=C\CC/C=C\CC/1.C[C@@H]1CC[C@@H](C)P1c1sc2ccccc2c1P1[C@H](C)CC[C@H]1C.F[B-](F)(F)F.[Rh]. The average Bonchev–Trinajstić information content (AvgIpc) is 3.41. The fourth-order valence-electron chi connectivity index (χ4n) is 5.53. The zero-order valence-electron chi connectivity index (χ0n) is 22.3. The summed E-state index contributed by atoms with van der Waals surface area (Å²) >= 11 is 2.16. The van der Waals surface area contributed by atoms with E-state index in [9.17, 15) is 17.3 Å². The topological polar surface area (TPSA) is 0 Å². The van der Waals surface area contributed by atoms with Crippen molar-refractivity contribution in [2.75, 3.05) is 0 Å². The van der Waals surface area contributed by atoms with Crippen LogP contribution in [0.3, 0.4) is 0 Å². The summed E-state index contributed by atoms with van der Waals surface area (Å²) in [4.78, 5) is 0. The van der Waals surface area contributed by atoms with Gasteiger partial charge in [0.15, 0.2) is 0 Å². The van der Waals surface area contributed by atoms with E-state index in [4.69, 9.17) is 0 Å². The molecule has 0 bridgehead atoms. The minimum absolute atomic E-state index is 0. The first-order valence-corrected chi connectivity index (χ1v) is 17.1. The largest absolute Gasteiger partial charge is 0.673 e. The molecule has 4 atom stereocenters. The van der Waals surface area contributed by atoms with Gasteiger partial charge < -0.3 is 17.3 Å². The maximum Gasteiger partial charge on any atom is 0.673 e. The van der Waals surface area contributed by atoms with Crippen LogP contribution >= 0.6 is 27.2 Å². The molecule has 9 heteroatoms. The van der Waals surface area contributed by atoms with E-state index in [-0.39, 0.29) is 35.3 Å². The molecule has 0 spiro atoms. The molecule has 1 aromatic heterocycles. The van der Waals surface area contributed by atoms with Crippen LogP contribution in [-0.4, -0.2) is 29.9 Å². The molecule has 0 unspecified atom stereocenters. The number of fused-ring (bicyclic) bond motifs is 1. The van der Waals surface area contributed by atoms with Crippen molar-refractivity contribution in [2.24, 2.45) is 0 Å². The van der Waals surface area contributed by atoms with E-state index in [0.717, 1.165) is 22.6 Å². The molecule has 1 radical (unpaired) electrons. The molecule has 0 N–H and O–H groups in total. The van der Waals surface area contributed by atoms with Gasteiger partial charge in [-0.2, -0.15) is 0 Å². The Labute approximate surface area is 240 Å². The van der Waals surface area contributed by atoms with Crippen molar-refractivity contribution in [1.82, 2.24) is 0 Å². The Morgan fingerprint density at radius 3 is 1.49 bits per heavy atom. The van der Waals surface area contributed by atoms with Crippen molar-refractivity contribution in [2.45, 2.75) is 102 Å². The Bertz CT molecular complexity index is 973. The average molecular weight is 660 g/mol. The number of thiophene rings is 1. The van der Waals surface area contributed by atoms with Crippen LogP contribution in [0.1, 0.15) is 79.1 Å². The minimum atomic E-state index is -6.00. The standard InChI is InChI=1S/C20H28P2S.C8H12.BF4.Rh/c1-13-9-10-14(2)21(13)19-17-7-5-6-8-18(17)23-20(19)22-15(3)11-12-16(22)4;1-2-4-6-8-7-5-3-1;2-1(3,4)5;/h5-8,13-16H,9-12H2,1-4H3;1-2,7-8H,3-6H2;;/q;;-1;/b;2-1-,8-7-;;/t13-,14-,15-,16-;;;/m1.../s1. The van der Waals surface area contributed by atoms with E-state index in [2.05, 4.69) is 87.6 Å². The smallest absolute Gasteiger partial charge is 0.418 e. The summed E-state index contributed by atoms with van der Waals surface area (Å²) in [7, 11) is -5.92. The third kappa shape index (κ3) is 9.81. The number of hydrogen-bond donors (Lipinski definition) is 0. The van der Waals surface area contributed by atoms with Gasteiger partial charge in [0, 0.05) is 39.5 Å². The first-order chi connectivity index (χ1) is 17.1. The Balaban J connectivity index is 0.000000286. The van der Waals surface area contributed by atoms with Gasteiger partial charge in [0.1, 0.15) is 0 Å². The van der Waals surface area contributed by atoms with Crippen molar-refractivity contribution in [1.29, 1.82) is 0 Å².